The van der Waals surface area contributed by atoms with Crippen LogP contribution in [0.15, 0.2) is 64.4 Å². The fourth-order valence-electron chi connectivity index (χ4n) is 2.31. The minimum absolute atomic E-state index is 0.0408. The van der Waals surface area contributed by atoms with Gasteiger partial charge in [0, 0.05) is 10.2 Å². The highest BCUT2D eigenvalue weighted by Gasteiger charge is 2.17. The van der Waals surface area contributed by atoms with E-state index in [0.717, 1.165) is 32.1 Å². The van der Waals surface area contributed by atoms with Crippen molar-refractivity contribution in [1.82, 2.24) is 9.97 Å². The molecule has 1 atom stereocenters. The summed E-state index contributed by atoms with van der Waals surface area (Å²) in [6.07, 6.45) is 1.79. The van der Waals surface area contributed by atoms with Gasteiger partial charge >= 0.3 is 0 Å². The Morgan fingerprint density at radius 1 is 1.20 bits per heavy atom. The van der Waals surface area contributed by atoms with Crippen molar-refractivity contribution in [1.29, 1.82) is 0 Å². The number of hydrogen-bond donors (Lipinski definition) is 2. The number of nitrogens with one attached hydrogen (secondary N) is 2. The Bertz CT molecular complexity index is 876. The van der Waals surface area contributed by atoms with Crippen molar-refractivity contribution in [2.75, 3.05) is 5.32 Å². The molecule has 0 saturated carbocycles. The maximum Gasteiger partial charge on any atom is 0.237 e. The molecule has 0 bridgehead atoms. The van der Waals surface area contributed by atoms with Gasteiger partial charge in [0.1, 0.15) is 0 Å². The van der Waals surface area contributed by atoms with Crippen LogP contribution in [0, 0.1) is 6.92 Å². The predicted molar refractivity (Wildman–Crippen MR) is 107 cm³/mol. The largest absolute Gasteiger partial charge is 0.333 e. The van der Waals surface area contributed by atoms with Crippen LogP contribution in [-0.4, -0.2) is 21.1 Å². The molecule has 0 aliphatic carbocycles. The van der Waals surface area contributed by atoms with Crippen molar-refractivity contribution in [2.24, 2.45) is 0 Å². The van der Waals surface area contributed by atoms with E-state index in [9.17, 15) is 4.79 Å². The van der Waals surface area contributed by atoms with Gasteiger partial charge in [-0.15, -0.1) is 0 Å². The van der Waals surface area contributed by atoms with Crippen LogP contribution in [0.25, 0.3) is 11.3 Å². The number of carbonyl (C=O) groups excluding carboxylic acids is 1. The Morgan fingerprint density at radius 3 is 2.64 bits per heavy atom. The minimum atomic E-state index is -0.261. The Morgan fingerprint density at radius 2 is 1.92 bits per heavy atom. The summed E-state index contributed by atoms with van der Waals surface area (Å²) >= 11 is 4.84. The van der Waals surface area contributed by atoms with Crippen molar-refractivity contribution >= 4 is 39.3 Å². The number of halogens is 1. The molecule has 4 nitrogen and oxygen atoms in total. The van der Waals surface area contributed by atoms with Gasteiger partial charge in [0.25, 0.3) is 0 Å². The van der Waals surface area contributed by atoms with Gasteiger partial charge < -0.3 is 10.3 Å². The van der Waals surface area contributed by atoms with E-state index in [-0.39, 0.29) is 11.2 Å². The Balaban J connectivity index is 1.65. The molecule has 2 N–H and O–H groups in total. The lowest BCUT2D eigenvalue weighted by Crippen LogP contribution is -2.22. The van der Waals surface area contributed by atoms with Gasteiger partial charge in [0.2, 0.25) is 5.91 Å². The SMILES string of the molecule is Cc1ccccc1NC(=O)C(C)Sc1ncc(-c2ccc(Br)cc2)[nH]1. The van der Waals surface area contributed by atoms with E-state index in [2.05, 4.69) is 31.2 Å². The molecule has 1 heterocycles. The molecule has 2 aromatic carbocycles. The number of para-hydroxylation sites is 1. The third-order valence-electron chi connectivity index (χ3n) is 3.77. The van der Waals surface area contributed by atoms with Gasteiger partial charge in [-0.25, -0.2) is 4.98 Å². The molecular formula is C19H18BrN3OS. The molecule has 0 radical (unpaired) electrons. The molecule has 0 aliphatic rings. The number of thioether (sulfide) groups is 1. The van der Waals surface area contributed by atoms with Crippen LogP contribution in [0.5, 0.6) is 0 Å². The number of imidazole rings is 1. The van der Waals surface area contributed by atoms with Gasteiger partial charge in [-0.05, 0) is 43.2 Å². The van der Waals surface area contributed by atoms with E-state index in [1.54, 1.807) is 6.20 Å². The number of hydrogen-bond acceptors (Lipinski definition) is 3. The molecule has 0 fully saturated rings. The zero-order valence-corrected chi connectivity index (χ0v) is 16.3. The van der Waals surface area contributed by atoms with Crippen molar-refractivity contribution in [3.8, 4) is 11.3 Å². The fraction of sp³-hybridized carbons (Fsp3) is 0.158. The lowest BCUT2D eigenvalue weighted by atomic mass is 10.2. The monoisotopic (exact) mass is 415 g/mol. The number of amides is 1. The molecule has 1 unspecified atom stereocenters. The molecular weight excluding hydrogens is 398 g/mol. The number of anilines is 1. The van der Waals surface area contributed by atoms with E-state index < -0.39 is 0 Å². The minimum Gasteiger partial charge on any atom is -0.333 e. The number of aryl methyl sites for hydroxylation is 1. The lowest BCUT2D eigenvalue weighted by Gasteiger charge is -2.12. The van der Waals surface area contributed by atoms with Crippen LogP contribution < -0.4 is 5.32 Å². The number of H-pyrrole nitrogens is 1. The highest BCUT2D eigenvalue weighted by Crippen LogP contribution is 2.26. The maximum absolute atomic E-state index is 12.4. The third-order valence-corrected chi connectivity index (χ3v) is 5.30. The van der Waals surface area contributed by atoms with Gasteiger partial charge in [-0.1, -0.05) is 58.0 Å². The molecule has 0 aliphatic heterocycles. The number of benzene rings is 2. The predicted octanol–water partition coefficient (Wildman–Crippen LogP) is 5.27. The molecule has 3 rings (SSSR count). The quantitative estimate of drug-likeness (QED) is 0.558. The molecule has 0 spiro atoms. The lowest BCUT2D eigenvalue weighted by molar-refractivity contribution is -0.115. The average Bonchev–Trinajstić information content (AvgIpc) is 3.06. The zero-order chi connectivity index (χ0) is 17.8. The van der Waals surface area contributed by atoms with E-state index in [1.807, 2.05) is 62.4 Å². The van der Waals surface area contributed by atoms with Gasteiger partial charge in [-0.2, -0.15) is 0 Å². The van der Waals surface area contributed by atoms with E-state index in [4.69, 9.17) is 0 Å². The van der Waals surface area contributed by atoms with Crippen molar-refractivity contribution in [2.45, 2.75) is 24.3 Å². The normalized spacial score (nSPS) is 12.0. The van der Waals surface area contributed by atoms with Gasteiger partial charge in [-0.3, -0.25) is 4.79 Å². The van der Waals surface area contributed by atoms with Crippen molar-refractivity contribution in [3.05, 3.63) is 64.8 Å². The third kappa shape index (κ3) is 4.52. The van der Waals surface area contributed by atoms with Crippen LogP contribution in [0.4, 0.5) is 5.69 Å². The second kappa shape index (κ2) is 7.89. The first-order valence-corrected chi connectivity index (χ1v) is 9.54. The van der Waals surface area contributed by atoms with Gasteiger partial charge in [0.15, 0.2) is 5.16 Å². The summed E-state index contributed by atoms with van der Waals surface area (Å²) in [5.74, 6) is -0.0408. The molecule has 1 aromatic heterocycles. The molecule has 25 heavy (non-hydrogen) atoms. The van der Waals surface area contributed by atoms with Crippen LogP contribution in [-0.2, 0) is 4.79 Å². The number of nitrogens with zero attached hydrogens (tertiary/aromatic N) is 1. The molecule has 0 saturated heterocycles. The van der Waals surface area contributed by atoms with E-state index in [0.29, 0.717) is 0 Å². The molecule has 1 amide bonds. The summed E-state index contributed by atoms with van der Waals surface area (Å²) in [6.45, 7) is 3.85. The number of rotatable bonds is 5. The first-order valence-electron chi connectivity index (χ1n) is 7.87. The molecule has 6 heteroatoms. The maximum atomic E-state index is 12.4. The Labute approximate surface area is 159 Å². The summed E-state index contributed by atoms with van der Waals surface area (Å²) < 4.78 is 1.03. The Kier molecular flexibility index (Phi) is 5.60. The first kappa shape index (κ1) is 17.8. The topological polar surface area (TPSA) is 57.8 Å². The number of aromatic amines is 1. The van der Waals surface area contributed by atoms with Crippen LogP contribution in [0.2, 0.25) is 0 Å². The van der Waals surface area contributed by atoms with Crippen LogP contribution in [0.1, 0.15) is 12.5 Å². The number of carbonyl (C=O) groups is 1. The van der Waals surface area contributed by atoms with Crippen LogP contribution in [0.3, 0.4) is 0 Å². The summed E-state index contributed by atoms with van der Waals surface area (Å²) in [5.41, 5.74) is 3.87. The standard InChI is InChI=1S/C19H18BrN3OS/c1-12-5-3-4-6-16(12)22-18(24)13(2)25-19-21-11-17(23-19)14-7-9-15(20)10-8-14/h3-11,13H,1-2H3,(H,21,23)(H,22,24). The van der Waals surface area contributed by atoms with Crippen molar-refractivity contribution < 1.29 is 4.79 Å². The fourth-order valence-corrected chi connectivity index (χ4v) is 3.36. The van der Waals surface area contributed by atoms with Crippen LogP contribution >= 0.6 is 27.7 Å². The summed E-state index contributed by atoms with van der Waals surface area (Å²) in [5, 5.41) is 3.43. The second-order valence-corrected chi connectivity index (χ2v) is 7.92. The van der Waals surface area contributed by atoms with Crippen molar-refractivity contribution in [3.63, 3.8) is 0 Å². The number of aromatic nitrogens is 2. The highest BCUT2D eigenvalue weighted by molar-refractivity contribution is 9.10. The summed E-state index contributed by atoms with van der Waals surface area (Å²) in [4.78, 5) is 20.0. The molecule has 128 valence electrons. The van der Waals surface area contributed by atoms with E-state index >= 15 is 0 Å². The zero-order valence-electron chi connectivity index (χ0n) is 13.9. The average molecular weight is 416 g/mol. The Hall–Kier alpha value is -2.05. The van der Waals surface area contributed by atoms with E-state index in [1.165, 1.54) is 11.8 Å². The highest BCUT2D eigenvalue weighted by atomic mass is 79.9. The molecule has 3 aromatic rings. The first-order chi connectivity index (χ1) is 12.0. The smallest absolute Gasteiger partial charge is 0.237 e. The summed E-state index contributed by atoms with van der Waals surface area (Å²) in [7, 11) is 0. The second-order valence-electron chi connectivity index (χ2n) is 5.67. The van der Waals surface area contributed by atoms with Gasteiger partial charge in [0.05, 0.1) is 17.1 Å². The summed E-state index contributed by atoms with van der Waals surface area (Å²) in [6, 6.07) is 15.8.